The van der Waals surface area contributed by atoms with Crippen LogP contribution in [0.15, 0.2) is 72.8 Å². The summed E-state index contributed by atoms with van der Waals surface area (Å²) in [7, 11) is 1.61. The second kappa shape index (κ2) is 7.80. The van der Waals surface area contributed by atoms with E-state index in [0.29, 0.717) is 12.3 Å². The van der Waals surface area contributed by atoms with Gasteiger partial charge in [0, 0.05) is 17.4 Å². The van der Waals surface area contributed by atoms with Crippen molar-refractivity contribution in [1.82, 2.24) is 4.57 Å². The first-order chi connectivity index (χ1) is 14.1. The molecule has 0 aliphatic carbocycles. The summed E-state index contributed by atoms with van der Waals surface area (Å²) >= 11 is 0. The number of fused-ring (bicyclic) bond motifs is 1. The molecule has 0 atom stereocenters. The number of hydrogen-bond acceptors (Lipinski definition) is 2. The van der Waals surface area contributed by atoms with Gasteiger partial charge in [0.25, 0.3) is 0 Å². The number of amides is 1. The molecule has 0 unspecified atom stereocenters. The first-order valence-electron chi connectivity index (χ1n) is 9.34. The van der Waals surface area contributed by atoms with Crippen LogP contribution in [-0.2, 0) is 17.8 Å². The summed E-state index contributed by atoms with van der Waals surface area (Å²) < 4.78 is 21.1. The average Bonchev–Trinajstić information content (AvgIpc) is 3.01. The molecule has 4 aromatic rings. The summed E-state index contributed by atoms with van der Waals surface area (Å²) in [5.41, 5.74) is 10.2. The van der Waals surface area contributed by atoms with Gasteiger partial charge in [0.05, 0.1) is 19.2 Å². The number of ether oxygens (including phenoxy) is 1. The lowest BCUT2D eigenvalue weighted by atomic mass is 10.0. The van der Waals surface area contributed by atoms with Crippen LogP contribution in [0.4, 0.5) is 4.39 Å². The molecule has 3 aromatic carbocycles. The molecule has 1 aromatic heterocycles. The predicted molar refractivity (Wildman–Crippen MR) is 112 cm³/mol. The zero-order valence-corrected chi connectivity index (χ0v) is 16.1. The summed E-state index contributed by atoms with van der Waals surface area (Å²) in [6.07, 6.45) is 0.0815. The molecule has 5 heteroatoms. The van der Waals surface area contributed by atoms with Gasteiger partial charge in [-0.2, -0.15) is 0 Å². The quantitative estimate of drug-likeness (QED) is 0.527. The van der Waals surface area contributed by atoms with Crippen molar-refractivity contribution in [3.05, 3.63) is 89.7 Å². The maximum atomic E-state index is 13.6. The highest BCUT2D eigenvalue weighted by molar-refractivity contribution is 5.96. The predicted octanol–water partition coefficient (Wildman–Crippen LogP) is 4.53. The summed E-state index contributed by atoms with van der Waals surface area (Å²) in [5, 5.41) is 0.901. The Morgan fingerprint density at radius 2 is 1.76 bits per heavy atom. The molecule has 0 bridgehead atoms. The van der Waals surface area contributed by atoms with Gasteiger partial charge < -0.3 is 15.0 Å². The molecule has 146 valence electrons. The van der Waals surface area contributed by atoms with Gasteiger partial charge in [0.2, 0.25) is 5.91 Å². The Labute approximate surface area is 168 Å². The topological polar surface area (TPSA) is 57.2 Å². The number of methoxy groups -OCH3 is 1. The first-order valence-corrected chi connectivity index (χ1v) is 9.34. The van der Waals surface area contributed by atoms with E-state index in [2.05, 4.69) is 16.7 Å². The smallest absolute Gasteiger partial charge is 0.221 e. The van der Waals surface area contributed by atoms with E-state index in [0.717, 1.165) is 33.3 Å². The SMILES string of the molecule is COc1ccc2c(c1)c(CC(N)=O)c(-c1ccc(F)cc1)n2Cc1ccccc1. The normalized spacial score (nSPS) is 11.0. The highest BCUT2D eigenvalue weighted by atomic mass is 19.1. The Morgan fingerprint density at radius 3 is 2.41 bits per heavy atom. The van der Waals surface area contributed by atoms with Crippen molar-refractivity contribution in [2.45, 2.75) is 13.0 Å². The zero-order valence-electron chi connectivity index (χ0n) is 16.1. The number of halogens is 1. The van der Waals surface area contributed by atoms with E-state index in [9.17, 15) is 9.18 Å². The number of aromatic nitrogens is 1. The van der Waals surface area contributed by atoms with Crippen molar-refractivity contribution in [3.8, 4) is 17.0 Å². The lowest BCUT2D eigenvalue weighted by molar-refractivity contribution is -0.117. The zero-order chi connectivity index (χ0) is 20.4. The summed E-state index contributed by atoms with van der Waals surface area (Å²) in [6.45, 7) is 0.606. The van der Waals surface area contributed by atoms with Crippen molar-refractivity contribution >= 4 is 16.8 Å². The van der Waals surface area contributed by atoms with Crippen molar-refractivity contribution in [1.29, 1.82) is 0 Å². The lowest BCUT2D eigenvalue weighted by Crippen LogP contribution is -2.14. The van der Waals surface area contributed by atoms with Gasteiger partial charge >= 0.3 is 0 Å². The first kappa shape index (κ1) is 18.7. The summed E-state index contributed by atoms with van der Waals surface area (Å²) in [4.78, 5) is 11.9. The maximum absolute atomic E-state index is 13.6. The number of hydrogen-bond donors (Lipinski definition) is 1. The van der Waals surface area contributed by atoms with E-state index in [1.165, 1.54) is 12.1 Å². The Morgan fingerprint density at radius 1 is 1.03 bits per heavy atom. The van der Waals surface area contributed by atoms with Crippen LogP contribution in [0.5, 0.6) is 5.75 Å². The maximum Gasteiger partial charge on any atom is 0.221 e. The van der Waals surface area contributed by atoms with E-state index in [-0.39, 0.29) is 12.2 Å². The number of primary amides is 1. The number of carbonyl (C=O) groups is 1. The molecule has 0 radical (unpaired) electrons. The number of nitrogens with zero attached hydrogens (tertiary/aromatic N) is 1. The molecule has 4 nitrogen and oxygen atoms in total. The molecule has 29 heavy (non-hydrogen) atoms. The van der Waals surface area contributed by atoms with E-state index < -0.39 is 5.91 Å². The molecule has 2 N–H and O–H groups in total. The van der Waals surface area contributed by atoms with Gasteiger partial charge in [-0.25, -0.2) is 4.39 Å². The van der Waals surface area contributed by atoms with Gasteiger partial charge in [0.15, 0.2) is 0 Å². The number of benzene rings is 3. The van der Waals surface area contributed by atoms with E-state index >= 15 is 0 Å². The Kier molecular flexibility index (Phi) is 5.04. The third kappa shape index (κ3) is 3.72. The average molecular weight is 388 g/mol. The molecule has 0 spiro atoms. The Hall–Kier alpha value is -3.60. The van der Waals surface area contributed by atoms with Gasteiger partial charge in [-0.1, -0.05) is 30.3 Å². The van der Waals surface area contributed by atoms with Crippen LogP contribution < -0.4 is 10.5 Å². The van der Waals surface area contributed by atoms with Gasteiger partial charge in [-0.15, -0.1) is 0 Å². The minimum atomic E-state index is -0.421. The highest BCUT2D eigenvalue weighted by Crippen LogP contribution is 2.36. The summed E-state index contributed by atoms with van der Waals surface area (Å²) in [5.74, 6) is -0.0294. The standard InChI is InChI=1S/C24H21FN2O2/c1-29-19-11-12-22-20(13-19)21(14-23(26)28)24(17-7-9-18(25)10-8-17)27(22)15-16-5-3-2-4-6-16/h2-13H,14-15H2,1H3,(H2,26,28). The molecule has 4 rings (SSSR count). The van der Waals surface area contributed by atoms with E-state index in [1.54, 1.807) is 19.2 Å². The fourth-order valence-corrected chi connectivity index (χ4v) is 3.75. The number of nitrogens with two attached hydrogens (primary N) is 1. The van der Waals surface area contributed by atoms with E-state index in [4.69, 9.17) is 10.5 Å². The van der Waals surface area contributed by atoms with Crippen molar-refractivity contribution < 1.29 is 13.9 Å². The molecular weight excluding hydrogens is 367 g/mol. The lowest BCUT2D eigenvalue weighted by Gasteiger charge is -2.13. The van der Waals surface area contributed by atoms with Crippen LogP contribution in [0.1, 0.15) is 11.1 Å². The van der Waals surface area contributed by atoms with Crippen LogP contribution in [0, 0.1) is 5.82 Å². The van der Waals surface area contributed by atoms with Crippen LogP contribution in [0.25, 0.3) is 22.2 Å². The van der Waals surface area contributed by atoms with Crippen molar-refractivity contribution in [2.24, 2.45) is 5.73 Å². The summed E-state index contributed by atoms with van der Waals surface area (Å²) in [6, 6.07) is 22.2. The minimum Gasteiger partial charge on any atom is -0.497 e. The molecule has 1 amide bonds. The Bertz CT molecular complexity index is 1170. The van der Waals surface area contributed by atoms with E-state index in [1.807, 2.05) is 36.4 Å². The van der Waals surface area contributed by atoms with Crippen LogP contribution in [0.2, 0.25) is 0 Å². The monoisotopic (exact) mass is 388 g/mol. The molecule has 1 heterocycles. The van der Waals surface area contributed by atoms with Gasteiger partial charge in [-0.05, 0) is 59.2 Å². The number of rotatable bonds is 6. The minimum absolute atomic E-state index is 0.0815. The van der Waals surface area contributed by atoms with Crippen LogP contribution in [0.3, 0.4) is 0 Å². The third-order valence-corrected chi connectivity index (χ3v) is 5.03. The van der Waals surface area contributed by atoms with Crippen molar-refractivity contribution in [3.63, 3.8) is 0 Å². The third-order valence-electron chi connectivity index (χ3n) is 5.03. The molecule has 0 saturated heterocycles. The van der Waals surface area contributed by atoms with Gasteiger partial charge in [-0.3, -0.25) is 4.79 Å². The van der Waals surface area contributed by atoms with Crippen molar-refractivity contribution in [2.75, 3.05) is 7.11 Å². The number of carbonyl (C=O) groups excluding carboxylic acids is 1. The van der Waals surface area contributed by atoms with Gasteiger partial charge in [0.1, 0.15) is 11.6 Å². The molecular formula is C24H21FN2O2. The molecule has 0 fully saturated rings. The largest absolute Gasteiger partial charge is 0.497 e. The van der Waals surface area contributed by atoms with Crippen LogP contribution in [-0.4, -0.2) is 17.6 Å². The molecule has 0 aliphatic heterocycles. The highest BCUT2D eigenvalue weighted by Gasteiger charge is 2.21. The fourth-order valence-electron chi connectivity index (χ4n) is 3.75. The Balaban J connectivity index is 2.02. The second-order valence-electron chi connectivity index (χ2n) is 6.93. The van der Waals surface area contributed by atoms with Crippen LogP contribution >= 0.6 is 0 Å². The second-order valence-corrected chi connectivity index (χ2v) is 6.93. The molecule has 0 aliphatic rings. The fraction of sp³-hybridized carbons (Fsp3) is 0.125. The molecule has 0 saturated carbocycles.